The molecular formula is C63H112O6. The summed E-state index contributed by atoms with van der Waals surface area (Å²) in [5.74, 6) is -0.884. The molecule has 0 heterocycles. The molecule has 0 radical (unpaired) electrons. The molecule has 0 fully saturated rings. The Morgan fingerprint density at radius 3 is 0.841 bits per heavy atom. The number of hydrogen-bond donors (Lipinski definition) is 0. The monoisotopic (exact) mass is 965 g/mol. The summed E-state index contributed by atoms with van der Waals surface area (Å²) in [6.07, 6.45) is 72.1. The highest BCUT2D eigenvalue weighted by molar-refractivity contribution is 5.71. The number of allylic oxidation sites excluding steroid dienone is 10. The van der Waals surface area contributed by atoms with Gasteiger partial charge in [-0.05, 0) is 89.9 Å². The maximum absolute atomic E-state index is 12.9. The summed E-state index contributed by atoms with van der Waals surface area (Å²) in [6.45, 7) is 6.61. The number of carbonyl (C=O) groups excluding carboxylic acids is 3. The second-order valence-electron chi connectivity index (χ2n) is 19.9. The Labute approximate surface area is 428 Å². The van der Waals surface area contributed by atoms with E-state index in [0.717, 1.165) is 83.5 Å². The Hall–Kier alpha value is -2.89. The van der Waals surface area contributed by atoms with E-state index in [9.17, 15) is 14.4 Å². The average molecular weight is 966 g/mol. The van der Waals surface area contributed by atoms with Crippen molar-refractivity contribution in [2.24, 2.45) is 0 Å². The molecule has 0 aromatic rings. The molecule has 0 spiro atoms. The van der Waals surface area contributed by atoms with Gasteiger partial charge in [-0.1, -0.05) is 255 Å². The second kappa shape index (κ2) is 57.7. The Bertz CT molecular complexity index is 1250. The summed E-state index contributed by atoms with van der Waals surface area (Å²) in [5, 5.41) is 0. The minimum atomic E-state index is -0.780. The molecule has 400 valence electrons. The van der Waals surface area contributed by atoms with Crippen LogP contribution >= 0.6 is 0 Å². The van der Waals surface area contributed by atoms with Crippen LogP contribution in [-0.4, -0.2) is 37.2 Å². The van der Waals surface area contributed by atoms with Crippen molar-refractivity contribution in [1.82, 2.24) is 0 Å². The van der Waals surface area contributed by atoms with Crippen LogP contribution in [0.1, 0.15) is 303 Å². The summed E-state index contributed by atoms with van der Waals surface area (Å²) in [7, 11) is 0. The minimum Gasteiger partial charge on any atom is -0.462 e. The Morgan fingerprint density at radius 2 is 0.522 bits per heavy atom. The van der Waals surface area contributed by atoms with Gasteiger partial charge in [-0.15, -0.1) is 0 Å². The first-order chi connectivity index (χ1) is 34.0. The number of rotatable bonds is 54. The smallest absolute Gasteiger partial charge is 0.306 e. The van der Waals surface area contributed by atoms with Gasteiger partial charge in [0.15, 0.2) is 6.10 Å². The van der Waals surface area contributed by atoms with Crippen molar-refractivity contribution in [2.75, 3.05) is 13.2 Å². The van der Waals surface area contributed by atoms with Crippen molar-refractivity contribution in [3.8, 4) is 0 Å². The van der Waals surface area contributed by atoms with E-state index >= 15 is 0 Å². The molecule has 0 amide bonds. The Morgan fingerprint density at radius 1 is 0.290 bits per heavy atom. The highest BCUT2D eigenvalue weighted by Crippen LogP contribution is 2.16. The van der Waals surface area contributed by atoms with Crippen molar-refractivity contribution in [3.63, 3.8) is 0 Å². The number of ether oxygens (including phenoxy) is 3. The second-order valence-corrected chi connectivity index (χ2v) is 19.9. The predicted molar refractivity (Wildman–Crippen MR) is 298 cm³/mol. The molecular weight excluding hydrogens is 853 g/mol. The third kappa shape index (κ3) is 55.9. The van der Waals surface area contributed by atoms with E-state index in [1.54, 1.807) is 0 Å². The summed E-state index contributed by atoms with van der Waals surface area (Å²) in [6, 6.07) is 0. The first-order valence-corrected chi connectivity index (χ1v) is 29.8. The van der Waals surface area contributed by atoms with Crippen LogP contribution in [0.15, 0.2) is 60.8 Å². The van der Waals surface area contributed by atoms with Gasteiger partial charge in [0.05, 0.1) is 0 Å². The first kappa shape index (κ1) is 66.1. The number of carbonyl (C=O) groups is 3. The third-order valence-electron chi connectivity index (χ3n) is 13.0. The molecule has 6 nitrogen and oxygen atoms in total. The zero-order valence-electron chi connectivity index (χ0n) is 45.8. The molecule has 0 rings (SSSR count). The molecule has 0 saturated heterocycles. The standard InChI is InChI=1S/C63H112O6/c1-4-7-10-13-16-19-22-24-26-28-30-31-33-34-36-38-41-44-47-50-53-56-62(65)68-59-60(58-67-61(64)55-52-49-46-43-40-21-18-15-12-9-6-3)69-63(66)57-54-51-48-45-42-39-37-35-32-29-27-25-23-20-17-14-11-8-5-2/h17,20,22,24-25,27-28,30,33-34,60H,4-16,18-19,21,23,26,29,31-32,35-59H2,1-3H3/b20-17-,24-22-,27-25-,30-28-,34-33-. The molecule has 6 heteroatoms. The number of esters is 3. The summed E-state index contributed by atoms with van der Waals surface area (Å²) >= 11 is 0. The van der Waals surface area contributed by atoms with Gasteiger partial charge in [-0.25, -0.2) is 0 Å². The normalized spacial score (nSPS) is 12.4. The zero-order valence-corrected chi connectivity index (χ0v) is 45.8. The predicted octanol–water partition coefficient (Wildman–Crippen LogP) is 20.0. The van der Waals surface area contributed by atoms with Gasteiger partial charge in [0.2, 0.25) is 0 Å². The van der Waals surface area contributed by atoms with Crippen LogP contribution in [0.25, 0.3) is 0 Å². The van der Waals surface area contributed by atoms with Crippen molar-refractivity contribution in [1.29, 1.82) is 0 Å². The van der Waals surface area contributed by atoms with Crippen LogP contribution in [0.2, 0.25) is 0 Å². The van der Waals surface area contributed by atoms with Gasteiger partial charge in [-0.2, -0.15) is 0 Å². The van der Waals surface area contributed by atoms with Gasteiger partial charge in [0.25, 0.3) is 0 Å². The fraction of sp³-hybridized carbons (Fsp3) is 0.794. The van der Waals surface area contributed by atoms with Crippen LogP contribution in [0.4, 0.5) is 0 Å². The molecule has 0 saturated carbocycles. The van der Waals surface area contributed by atoms with E-state index in [-0.39, 0.29) is 31.1 Å². The van der Waals surface area contributed by atoms with Gasteiger partial charge in [0.1, 0.15) is 13.2 Å². The van der Waals surface area contributed by atoms with E-state index in [2.05, 4.69) is 81.5 Å². The molecule has 0 aliphatic rings. The molecule has 1 unspecified atom stereocenters. The van der Waals surface area contributed by atoms with Gasteiger partial charge in [0, 0.05) is 19.3 Å². The molecule has 1 atom stereocenters. The SMILES string of the molecule is CCCCC/C=C\C/C=C\CCCCCCCCCCCC(=O)OC(COC(=O)CCCCCCCC/C=C\C/C=C\C/C=C\CCCCCCC)COC(=O)CCCCCCCCCCCCC. The highest BCUT2D eigenvalue weighted by atomic mass is 16.6. The summed E-state index contributed by atoms with van der Waals surface area (Å²) in [4.78, 5) is 38.2. The van der Waals surface area contributed by atoms with Crippen LogP contribution in [0.5, 0.6) is 0 Å². The molecule has 0 aromatic heterocycles. The van der Waals surface area contributed by atoms with E-state index < -0.39 is 6.10 Å². The van der Waals surface area contributed by atoms with E-state index in [4.69, 9.17) is 14.2 Å². The largest absolute Gasteiger partial charge is 0.462 e. The van der Waals surface area contributed by atoms with Gasteiger partial charge >= 0.3 is 17.9 Å². The molecule has 0 aromatic carbocycles. The van der Waals surface area contributed by atoms with E-state index in [1.165, 1.54) is 180 Å². The Balaban J connectivity index is 4.34. The van der Waals surface area contributed by atoms with Crippen LogP contribution in [0, 0.1) is 0 Å². The fourth-order valence-corrected chi connectivity index (χ4v) is 8.48. The number of unbranched alkanes of at least 4 members (excludes halogenated alkanes) is 33. The maximum atomic E-state index is 12.9. The van der Waals surface area contributed by atoms with E-state index in [1.807, 2.05) is 0 Å². The minimum absolute atomic E-state index is 0.0778. The molecule has 0 N–H and O–H groups in total. The lowest BCUT2D eigenvalue weighted by Crippen LogP contribution is -2.30. The highest BCUT2D eigenvalue weighted by Gasteiger charge is 2.19. The number of hydrogen-bond acceptors (Lipinski definition) is 6. The van der Waals surface area contributed by atoms with Gasteiger partial charge in [-0.3, -0.25) is 14.4 Å². The maximum Gasteiger partial charge on any atom is 0.306 e. The molecule has 0 aliphatic carbocycles. The van der Waals surface area contributed by atoms with E-state index in [0.29, 0.717) is 19.3 Å². The topological polar surface area (TPSA) is 78.9 Å². The zero-order chi connectivity index (χ0) is 50.0. The third-order valence-corrected chi connectivity index (χ3v) is 13.0. The molecule has 69 heavy (non-hydrogen) atoms. The van der Waals surface area contributed by atoms with Crippen molar-refractivity contribution >= 4 is 17.9 Å². The van der Waals surface area contributed by atoms with Crippen molar-refractivity contribution in [2.45, 2.75) is 309 Å². The lowest BCUT2D eigenvalue weighted by Gasteiger charge is -2.18. The first-order valence-electron chi connectivity index (χ1n) is 29.8. The average Bonchev–Trinajstić information content (AvgIpc) is 3.35. The quantitative estimate of drug-likeness (QED) is 0.0262. The molecule has 0 aliphatic heterocycles. The lowest BCUT2D eigenvalue weighted by molar-refractivity contribution is -0.167. The van der Waals surface area contributed by atoms with Crippen LogP contribution in [-0.2, 0) is 28.6 Å². The Kier molecular flexibility index (Phi) is 55.3. The van der Waals surface area contributed by atoms with Crippen molar-refractivity contribution in [3.05, 3.63) is 60.8 Å². The lowest BCUT2D eigenvalue weighted by atomic mass is 10.1. The van der Waals surface area contributed by atoms with Crippen LogP contribution in [0.3, 0.4) is 0 Å². The van der Waals surface area contributed by atoms with Gasteiger partial charge < -0.3 is 14.2 Å². The summed E-state index contributed by atoms with van der Waals surface area (Å²) in [5.41, 5.74) is 0. The van der Waals surface area contributed by atoms with Crippen LogP contribution < -0.4 is 0 Å². The molecule has 0 bridgehead atoms. The fourth-order valence-electron chi connectivity index (χ4n) is 8.48. The van der Waals surface area contributed by atoms with Crippen molar-refractivity contribution < 1.29 is 28.6 Å². The summed E-state index contributed by atoms with van der Waals surface area (Å²) < 4.78 is 16.9.